The Morgan fingerprint density at radius 1 is 1.25 bits per heavy atom. The fourth-order valence-electron chi connectivity index (χ4n) is 1.32. The van der Waals surface area contributed by atoms with Gasteiger partial charge in [-0.3, -0.25) is 0 Å². The molecule has 0 aliphatic carbocycles. The maximum absolute atomic E-state index is 13.7. The van der Waals surface area contributed by atoms with Crippen molar-refractivity contribution >= 4 is 0 Å². The van der Waals surface area contributed by atoms with Crippen LogP contribution in [0.2, 0.25) is 0 Å². The Morgan fingerprint density at radius 3 is 2.38 bits per heavy atom. The molecule has 1 nitrogen and oxygen atoms in total. The first-order valence-electron chi connectivity index (χ1n) is 4.84. The third-order valence-corrected chi connectivity index (χ3v) is 2.43. The zero-order valence-electron chi connectivity index (χ0n) is 8.98. The van der Waals surface area contributed by atoms with Crippen molar-refractivity contribution in [2.24, 2.45) is 0 Å². The summed E-state index contributed by atoms with van der Waals surface area (Å²) in [5.41, 5.74) is -0.785. The Balaban J connectivity index is 2.99. The molecule has 0 aromatic heterocycles. The van der Waals surface area contributed by atoms with Crippen LogP contribution in [0.25, 0.3) is 0 Å². The van der Waals surface area contributed by atoms with Crippen LogP contribution < -0.4 is 5.32 Å². The summed E-state index contributed by atoms with van der Waals surface area (Å²) in [6.45, 7) is 1.57. The van der Waals surface area contributed by atoms with Gasteiger partial charge in [0, 0.05) is 6.04 Å². The van der Waals surface area contributed by atoms with E-state index in [4.69, 9.17) is 0 Å². The molecule has 1 N–H and O–H groups in total. The number of alkyl halides is 4. The largest absolute Gasteiger partial charge is 0.416 e. The summed E-state index contributed by atoms with van der Waals surface area (Å²) in [4.78, 5) is 0. The second-order valence-electron chi connectivity index (χ2n) is 3.60. The van der Waals surface area contributed by atoms with Crippen LogP contribution in [0.5, 0.6) is 0 Å². The average Bonchev–Trinajstić information content (AvgIpc) is 2.26. The summed E-state index contributed by atoms with van der Waals surface area (Å²) in [6, 6.07) is 3.82. The Hall–Kier alpha value is -1.10. The lowest BCUT2D eigenvalue weighted by molar-refractivity contribution is -0.137. The molecule has 1 aromatic rings. The number of halogens is 4. The fraction of sp³-hybridized carbons (Fsp3) is 0.455. The van der Waals surface area contributed by atoms with Crippen LogP contribution in [0.1, 0.15) is 24.2 Å². The summed E-state index contributed by atoms with van der Waals surface area (Å²) in [5, 5.41) is 2.67. The molecule has 0 amide bonds. The number of hydrogen-bond donors (Lipinski definition) is 1. The number of likely N-dealkylation sites (N-methyl/N-ethyl adjacent to an activating group) is 1. The van der Waals surface area contributed by atoms with E-state index in [1.807, 2.05) is 0 Å². The van der Waals surface area contributed by atoms with Crippen LogP contribution in [0.15, 0.2) is 24.3 Å². The maximum Gasteiger partial charge on any atom is 0.416 e. The van der Waals surface area contributed by atoms with Crippen molar-refractivity contribution in [3.8, 4) is 0 Å². The monoisotopic (exact) mass is 235 g/mol. The van der Waals surface area contributed by atoms with Gasteiger partial charge in [-0.1, -0.05) is 12.1 Å². The predicted octanol–water partition coefficient (Wildman–Crippen LogP) is 3.32. The molecule has 5 heteroatoms. The highest BCUT2D eigenvalue weighted by molar-refractivity contribution is 5.27. The molecule has 1 rings (SSSR count). The molecule has 0 aliphatic rings. The van der Waals surface area contributed by atoms with E-state index in [0.29, 0.717) is 0 Å². The van der Waals surface area contributed by atoms with E-state index in [-0.39, 0.29) is 5.56 Å². The highest BCUT2D eigenvalue weighted by atomic mass is 19.4. The highest BCUT2D eigenvalue weighted by Gasteiger charge is 2.31. The SMILES string of the molecule is CNC(C)C(F)c1cccc(C(F)(F)F)c1. The molecule has 0 fully saturated rings. The molecule has 0 saturated heterocycles. The number of hydrogen-bond acceptors (Lipinski definition) is 1. The zero-order chi connectivity index (χ0) is 12.3. The molecule has 0 spiro atoms. The van der Waals surface area contributed by atoms with Crippen LogP contribution in [-0.4, -0.2) is 13.1 Å². The van der Waals surface area contributed by atoms with Gasteiger partial charge in [-0.05, 0) is 31.7 Å². The van der Waals surface area contributed by atoms with Gasteiger partial charge in [0.2, 0.25) is 0 Å². The topological polar surface area (TPSA) is 12.0 Å². The number of nitrogens with one attached hydrogen (secondary N) is 1. The van der Waals surface area contributed by atoms with Gasteiger partial charge in [0.25, 0.3) is 0 Å². The summed E-state index contributed by atoms with van der Waals surface area (Å²) in [6.07, 6.45) is -5.88. The molecule has 0 aliphatic heterocycles. The number of benzene rings is 1. The van der Waals surface area contributed by atoms with E-state index in [0.717, 1.165) is 12.1 Å². The summed E-state index contributed by atoms with van der Waals surface area (Å²) < 4.78 is 50.8. The van der Waals surface area contributed by atoms with E-state index in [1.165, 1.54) is 12.1 Å². The fourth-order valence-corrected chi connectivity index (χ4v) is 1.32. The molecule has 1 aromatic carbocycles. The predicted molar refractivity (Wildman–Crippen MR) is 53.8 cm³/mol. The quantitative estimate of drug-likeness (QED) is 0.792. The van der Waals surface area contributed by atoms with Crippen molar-refractivity contribution in [2.75, 3.05) is 7.05 Å². The maximum atomic E-state index is 13.7. The van der Waals surface area contributed by atoms with Crippen molar-refractivity contribution in [1.29, 1.82) is 0 Å². The molecular formula is C11H13F4N. The molecular weight excluding hydrogens is 222 g/mol. The van der Waals surface area contributed by atoms with Crippen LogP contribution in [0.4, 0.5) is 17.6 Å². The van der Waals surface area contributed by atoms with Crippen molar-refractivity contribution in [1.82, 2.24) is 5.32 Å². The Morgan fingerprint density at radius 2 is 1.88 bits per heavy atom. The normalized spacial score (nSPS) is 15.9. The smallest absolute Gasteiger partial charge is 0.314 e. The summed E-state index contributed by atoms with van der Waals surface area (Å²) in [5.74, 6) is 0. The first kappa shape index (κ1) is 13.0. The van der Waals surface area contributed by atoms with Crippen molar-refractivity contribution in [3.05, 3.63) is 35.4 Å². The summed E-state index contributed by atoms with van der Waals surface area (Å²) in [7, 11) is 1.56. The van der Waals surface area contributed by atoms with Gasteiger partial charge >= 0.3 is 6.18 Å². The van der Waals surface area contributed by atoms with E-state index in [2.05, 4.69) is 5.32 Å². The standard InChI is InChI=1S/C11H13F4N/c1-7(16-2)10(12)8-4-3-5-9(6-8)11(13,14)15/h3-7,10,16H,1-2H3. The van der Waals surface area contributed by atoms with Gasteiger partial charge in [-0.2, -0.15) is 13.2 Å². The Bertz CT molecular complexity index is 348. The average molecular weight is 235 g/mol. The van der Waals surface area contributed by atoms with E-state index in [1.54, 1.807) is 14.0 Å². The van der Waals surface area contributed by atoms with E-state index < -0.39 is 24.0 Å². The molecule has 2 unspecified atom stereocenters. The summed E-state index contributed by atoms with van der Waals surface area (Å²) >= 11 is 0. The Kier molecular flexibility index (Phi) is 3.91. The second-order valence-corrected chi connectivity index (χ2v) is 3.60. The van der Waals surface area contributed by atoms with Crippen LogP contribution in [-0.2, 0) is 6.18 Å². The third kappa shape index (κ3) is 2.95. The van der Waals surface area contributed by atoms with Gasteiger partial charge < -0.3 is 5.32 Å². The van der Waals surface area contributed by atoms with Gasteiger partial charge in [0.05, 0.1) is 5.56 Å². The molecule has 0 saturated carbocycles. The van der Waals surface area contributed by atoms with Gasteiger partial charge in [0.15, 0.2) is 0 Å². The first-order valence-corrected chi connectivity index (χ1v) is 4.84. The molecule has 0 bridgehead atoms. The molecule has 90 valence electrons. The zero-order valence-corrected chi connectivity index (χ0v) is 8.98. The van der Waals surface area contributed by atoms with E-state index in [9.17, 15) is 17.6 Å². The highest BCUT2D eigenvalue weighted by Crippen LogP contribution is 2.32. The minimum Gasteiger partial charge on any atom is -0.314 e. The van der Waals surface area contributed by atoms with Crippen LogP contribution in [0.3, 0.4) is 0 Å². The first-order chi connectivity index (χ1) is 7.36. The molecule has 0 radical (unpaired) electrons. The lowest BCUT2D eigenvalue weighted by Crippen LogP contribution is -2.26. The van der Waals surface area contributed by atoms with Gasteiger partial charge in [-0.25, -0.2) is 4.39 Å². The second kappa shape index (κ2) is 4.82. The van der Waals surface area contributed by atoms with Crippen molar-refractivity contribution in [3.63, 3.8) is 0 Å². The van der Waals surface area contributed by atoms with Crippen LogP contribution >= 0.6 is 0 Å². The minimum atomic E-state index is -4.43. The number of rotatable bonds is 3. The molecule has 2 atom stereocenters. The van der Waals surface area contributed by atoms with Crippen molar-refractivity contribution in [2.45, 2.75) is 25.3 Å². The van der Waals surface area contributed by atoms with Crippen LogP contribution in [0, 0.1) is 0 Å². The third-order valence-electron chi connectivity index (χ3n) is 2.43. The van der Waals surface area contributed by atoms with Gasteiger partial charge in [-0.15, -0.1) is 0 Å². The molecule has 16 heavy (non-hydrogen) atoms. The van der Waals surface area contributed by atoms with Gasteiger partial charge in [0.1, 0.15) is 6.17 Å². The molecule has 0 heterocycles. The lowest BCUT2D eigenvalue weighted by atomic mass is 10.0. The Labute approximate surface area is 91.5 Å². The minimum absolute atomic E-state index is 0.0386. The lowest BCUT2D eigenvalue weighted by Gasteiger charge is -2.17. The van der Waals surface area contributed by atoms with E-state index >= 15 is 0 Å². The van der Waals surface area contributed by atoms with Crippen molar-refractivity contribution < 1.29 is 17.6 Å².